The summed E-state index contributed by atoms with van der Waals surface area (Å²) in [5.74, 6) is -0.924. The highest BCUT2D eigenvalue weighted by Crippen LogP contribution is 2.34. The Balaban J connectivity index is 2.65. The molecule has 0 saturated heterocycles. The Bertz CT molecular complexity index is 748. The predicted octanol–water partition coefficient (Wildman–Crippen LogP) is 3.98. The number of ketones is 1. The molecular weight excluding hydrogens is 383 g/mol. The lowest BCUT2D eigenvalue weighted by molar-refractivity contribution is -0.116. The van der Waals surface area contributed by atoms with Gasteiger partial charge in [0, 0.05) is 27.7 Å². The summed E-state index contributed by atoms with van der Waals surface area (Å²) in [4.78, 5) is 36.4. The highest BCUT2D eigenvalue weighted by molar-refractivity contribution is 9.10. The van der Waals surface area contributed by atoms with E-state index in [0.29, 0.717) is 15.8 Å². The largest absolute Gasteiger partial charge is 0.464 e. The zero-order valence-electron chi connectivity index (χ0n) is 13.1. The van der Waals surface area contributed by atoms with Crippen molar-refractivity contribution in [2.45, 2.75) is 32.7 Å². The monoisotopic (exact) mass is 398 g/mol. The molecular formula is C16H16BrFN2O4. The molecule has 1 atom stereocenters. The smallest absolute Gasteiger partial charge is 0.419 e. The van der Waals surface area contributed by atoms with E-state index in [1.807, 2.05) is 0 Å². The van der Waals surface area contributed by atoms with Crippen molar-refractivity contribution in [1.82, 2.24) is 10.2 Å². The minimum atomic E-state index is -1.50. The van der Waals surface area contributed by atoms with Gasteiger partial charge in [-0.2, -0.15) is 0 Å². The third-order valence-electron chi connectivity index (χ3n) is 3.72. The first-order chi connectivity index (χ1) is 11.3. The molecule has 0 radical (unpaired) electrons. The van der Waals surface area contributed by atoms with Gasteiger partial charge in [-0.1, -0.05) is 22.9 Å². The lowest BCUT2D eigenvalue weighted by Gasteiger charge is -2.33. The summed E-state index contributed by atoms with van der Waals surface area (Å²) < 4.78 is 14.8. The lowest BCUT2D eigenvalue weighted by Crippen LogP contribution is -2.49. The molecule has 1 aliphatic heterocycles. The number of Topliss-reactive ketones (excluding diaryl/α,β-unsaturated/α-hetero) is 1. The van der Waals surface area contributed by atoms with E-state index in [2.05, 4.69) is 21.2 Å². The van der Waals surface area contributed by atoms with Gasteiger partial charge in [-0.05, 0) is 31.5 Å². The second-order valence-electron chi connectivity index (χ2n) is 5.34. The number of hydrogen-bond acceptors (Lipinski definition) is 3. The van der Waals surface area contributed by atoms with Gasteiger partial charge in [0.2, 0.25) is 0 Å². The average molecular weight is 399 g/mol. The number of carboxylic acid groups (broad SMARTS) is 1. The van der Waals surface area contributed by atoms with Crippen LogP contribution in [-0.2, 0) is 4.79 Å². The number of allylic oxidation sites excluding steroid dienone is 1. The van der Waals surface area contributed by atoms with Gasteiger partial charge in [-0.3, -0.25) is 4.79 Å². The van der Waals surface area contributed by atoms with Gasteiger partial charge in [0.1, 0.15) is 5.82 Å². The maximum Gasteiger partial charge on any atom is 0.419 e. The number of nitrogens with zero attached hydrogens (tertiary/aromatic N) is 1. The van der Waals surface area contributed by atoms with Crippen LogP contribution in [0.2, 0.25) is 0 Å². The topological polar surface area (TPSA) is 86.7 Å². The van der Waals surface area contributed by atoms with Crippen LogP contribution in [0.4, 0.5) is 14.0 Å². The minimum Gasteiger partial charge on any atom is -0.464 e. The van der Waals surface area contributed by atoms with E-state index in [0.717, 1.165) is 0 Å². The number of urea groups is 1. The Kier molecular flexibility index (Phi) is 5.38. The van der Waals surface area contributed by atoms with Crippen LogP contribution in [0.25, 0.3) is 0 Å². The van der Waals surface area contributed by atoms with E-state index in [4.69, 9.17) is 0 Å². The van der Waals surface area contributed by atoms with E-state index < -0.39 is 24.0 Å². The second-order valence-corrected chi connectivity index (χ2v) is 6.25. The molecule has 3 amide bonds. The van der Waals surface area contributed by atoms with E-state index >= 15 is 0 Å². The highest BCUT2D eigenvalue weighted by atomic mass is 79.9. The van der Waals surface area contributed by atoms with E-state index in [-0.39, 0.29) is 29.0 Å². The predicted molar refractivity (Wildman–Crippen MR) is 87.9 cm³/mol. The van der Waals surface area contributed by atoms with E-state index in [1.54, 1.807) is 6.92 Å². The molecule has 1 aromatic carbocycles. The third-order valence-corrected chi connectivity index (χ3v) is 4.22. The molecule has 1 aliphatic rings. The van der Waals surface area contributed by atoms with Crippen LogP contribution in [0.5, 0.6) is 0 Å². The van der Waals surface area contributed by atoms with Crippen LogP contribution in [0.15, 0.2) is 33.9 Å². The summed E-state index contributed by atoms with van der Waals surface area (Å²) in [5.41, 5.74) is 0.173. The van der Waals surface area contributed by atoms with Crippen LogP contribution in [0, 0.1) is 5.82 Å². The maximum absolute atomic E-state index is 14.3. The molecule has 24 heavy (non-hydrogen) atoms. The number of rotatable bonds is 4. The third kappa shape index (κ3) is 3.33. The number of carbonyl (C=O) groups is 3. The Hall–Kier alpha value is -2.22. The van der Waals surface area contributed by atoms with E-state index in [9.17, 15) is 23.9 Å². The van der Waals surface area contributed by atoms with Crippen molar-refractivity contribution in [3.8, 4) is 0 Å². The Morgan fingerprint density at radius 1 is 1.42 bits per heavy atom. The number of halogens is 2. The summed E-state index contributed by atoms with van der Waals surface area (Å²) in [6.45, 7) is 3.18. The maximum atomic E-state index is 14.3. The van der Waals surface area contributed by atoms with Gasteiger partial charge in [0.05, 0.1) is 6.04 Å². The molecule has 0 bridgehead atoms. The fourth-order valence-electron chi connectivity index (χ4n) is 2.67. The summed E-state index contributed by atoms with van der Waals surface area (Å²) >= 11 is 3.23. The summed E-state index contributed by atoms with van der Waals surface area (Å²) in [7, 11) is 0. The van der Waals surface area contributed by atoms with Gasteiger partial charge in [0.25, 0.3) is 0 Å². The molecule has 1 aromatic rings. The Morgan fingerprint density at radius 2 is 2.08 bits per heavy atom. The van der Waals surface area contributed by atoms with Gasteiger partial charge < -0.3 is 10.4 Å². The zero-order valence-corrected chi connectivity index (χ0v) is 14.7. The normalized spacial score (nSPS) is 17.8. The molecule has 2 N–H and O–H groups in total. The Morgan fingerprint density at radius 3 is 2.67 bits per heavy atom. The number of imide groups is 1. The summed E-state index contributed by atoms with van der Waals surface area (Å²) in [5, 5.41) is 11.6. The molecule has 6 nitrogen and oxygen atoms in total. The van der Waals surface area contributed by atoms with Crippen LogP contribution in [-0.4, -0.2) is 27.9 Å². The molecule has 0 aromatic heterocycles. The number of benzene rings is 1. The molecule has 1 heterocycles. The molecule has 0 saturated carbocycles. The standard InChI is InChI=1S/C16H16BrFN2O4/c1-3-4-12(21)13-8(2)20(16(23)24)15(22)19-14(13)10-7-9(17)5-6-11(10)18/h5-7,14H,3-4H2,1-2H3,(H,19,22)(H,23,24). The van der Waals surface area contributed by atoms with Crippen molar-refractivity contribution in [3.05, 3.63) is 45.3 Å². The Labute approximate surface area is 146 Å². The van der Waals surface area contributed by atoms with Gasteiger partial charge >= 0.3 is 12.1 Å². The van der Waals surface area contributed by atoms with Crippen LogP contribution in [0.3, 0.4) is 0 Å². The van der Waals surface area contributed by atoms with Crippen LogP contribution >= 0.6 is 15.9 Å². The van der Waals surface area contributed by atoms with Crippen molar-refractivity contribution in [2.75, 3.05) is 0 Å². The molecule has 128 valence electrons. The van der Waals surface area contributed by atoms with Crippen molar-refractivity contribution >= 4 is 33.8 Å². The lowest BCUT2D eigenvalue weighted by atomic mass is 9.90. The quantitative estimate of drug-likeness (QED) is 0.802. The summed E-state index contributed by atoms with van der Waals surface area (Å²) in [6, 6.07) is 2.22. The van der Waals surface area contributed by atoms with Crippen LogP contribution < -0.4 is 5.32 Å². The van der Waals surface area contributed by atoms with Gasteiger partial charge in [-0.15, -0.1) is 0 Å². The average Bonchev–Trinajstić information content (AvgIpc) is 2.48. The number of amides is 3. The highest BCUT2D eigenvalue weighted by Gasteiger charge is 2.39. The van der Waals surface area contributed by atoms with Crippen molar-refractivity contribution in [3.63, 3.8) is 0 Å². The first kappa shape index (κ1) is 18.1. The number of nitrogens with one attached hydrogen (secondary N) is 1. The number of carbonyl (C=O) groups excluding carboxylic acids is 2. The van der Waals surface area contributed by atoms with Crippen molar-refractivity contribution in [1.29, 1.82) is 0 Å². The zero-order chi connectivity index (χ0) is 18.0. The number of hydrogen-bond donors (Lipinski definition) is 2. The van der Waals surface area contributed by atoms with Crippen molar-refractivity contribution in [2.24, 2.45) is 0 Å². The fourth-order valence-corrected chi connectivity index (χ4v) is 3.04. The minimum absolute atomic E-state index is 0.00549. The molecule has 1 unspecified atom stereocenters. The second kappa shape index (κ2) is 7.12. The van der Waals surface area contributed by atoms with E-state index in [1.165, 1.54) is 25.1 Å². The molecule has 0 aliphatic carbocycles. The molecule has 0 spiro atoms. The van der Waals surface area contributed by atoms with Gasteiger partial charge in [0.15, 0.2) is 5.78 Å². The molecule has 0 fully saturated rings. The molecule has 2 rings (SSSR count). The SMILES string of the molecule is CCCC(=O)C1=C(C)N(C(=O)O)C(=O)NC1c1cc(Br)ccc1F. The fraction of sp³-hybridized carbons (Fsp3) is 0.312. The van der Waals surface area contributed by atoms with Crippen molar-refractivity contribution < 1.29 is 23.9 Å². The first-order valence-corrected chi connectivity index (χ1v) is 8.09. The molecule has 8 heteroatoms. The first-order valence-electron chi connectivity index (χ1n) is 7.30. The summed E-state index contributed by atoms with van der Waals surface area (Å²) in [6.07, 6.45) is -0.785. The van der Waals surface area contributed by atoms with Gasteiger partial charge in [-0.25, -0.2) is 18.9 Å². The van der Waals surface area contributed by atoms with Crippen LogP contribution in [0.1, 0.15) is 38.3 Å².